The molecule has 0 radical (unpaired) electrons. The van der Waals surface area contributed by atoms with E-state index in [1.54, 1.807) is 26.4 Å². The summed E-state index contributed by atoms with van der Waals surface area (Å²) in [5.41, 5.74) is 2.28. The lowest BCUT2D eigenvalue weighted by Crippen LogP contribution is -2.01. The zero-order valence-corrected chi connectivity index (χ0v) is 18.0. The molecule has 0 unspecified atom stereocenters. The molecule has 2 aromatic carbocycles. The molecule has 0 saturated carbocycles. The number of halogens is 2. The Hall–Kier alpha value is -2.71. The molecule has 0 fully saturated rings. The highest BCUT2D eigenvalue weighted by Gasteiger charge is 2.16. The van der Waals surface area contributed by atoms with Crippen molar-refractivity contribution < 1.29 is 18.6 Å². The summed E-state index contributed by atoms with van der Waals surface area (Å²) in [5.74, 6) is 1.34. The van der Waals surface area contributed by atoms with Crippen molar-refractivity contribution in [3.63, 3.8) is 0 Å². The van der Waals surface area contributed by atoms with Crippen molar-refractivity contribution in [3.8, 4) is 28.5 Å². The van der Waals surface area contributed by atoms with Gasteiger partial charge < -0.3 is 14.2 Å². The smallest absolute Gasteiger partial charge is 0.226 e. The molecule has 0 bridgehead atoms. The van der Waals surface area contributed by atoms with Gasteiger partial charge in [-0.25, -0.2) is 14.4 Å². The lowest BCUT2D eigenvalue weighted by molar-refractivity contribution is 0.292. The number of nitrogens with zero attached hydrogens (tertiary/aromatic N) is 2. The third-order valence-electron chi connectivity index (χ3n) is 4.41. The summed E-state index contributed by atoms with van der Waals surface area (Å²) in [4.78, 5) is 9.42. The first-order valence-electron chi connectivity index (χ1n) is 8.62. The van der Waals surface area contributed by atoms with Gasteiger partial charge in [-0.05, 0) is 29.8 Å². The number of hydrogen-bond acceptors (Lipinski definition) is 6. The van der Waals surface area contributed by atoms with Gasteiger partial charge in [0, 0.05) is 21.0 Å². The fraction of sp³-hybridized carbons (Fsp3) is 0.143. The third kappa shape index (κ3) is 3.90. The summed E-state index contributed by atoms with van der Waals surface area (Å²) in [6, 6.07) is 10.5. The van der Waals surface area contributed by atoms with Crippen LogP contribution in [0.1, 0.15) is 5.56 Å². The second kappa shape index (κ2) is 8.34. The number of ether oxygens (including phenoxy) is 3. The van der Waals surface area contributed by atoms with Crippen molar-refractivity contribution in [2.24, 2.45) is 0 Å². The van der Waals surface area contributed by atoms with Gasteiger partial charge in [0.05, 0.1) is 19.6 Å². The highest BCUT2D eigenvalue weighted by molar-refractivity contribution is 9.10. The Morgan fingerprint density at radius 3 is 2.62 bits per heavy atom. The van der Waals surface area contributed by atoms with Crippen LogP contribution in [0.15, 0.2) is 52.6 Å². The number of aromatic nitrogens is 2. The molecule has 0 aliphatic carbocycles. The van der Waals surface area contributed by atoms with E-state index in [4.69, 9.17) is 14.2 Å². The molecule has 4 rings (SSSR count). The van der Waals surface area contributed by atoms with Crippen LogP contribution in [0, 0.1) is 5.82 Å². The predicted octanol–water partition coefficient (Wildman–Crippen LogP) is 5.86. The maximum Gasteiger partial charge on any atom is 0.226 e. The minimum absolute atomic E-state index is 0.0620. The van der Waals surface area contributed by atoms with Crippen LogP contribution in [0.25, 0.3) is 21.3 Å². The summed E-state index contributed by atoms with van der Waals surface area (Å²) in [5, 5.41) is 2.77. The molecule has 0 atom stereocenters. The van der Waals surface area contributed by atoms with Crippen LogP contribution < -0.4 is 14.2 Å². The van der Waals surface area contributed by atoms with E-state index in [2.05, 4.69) is 25.9 Å². The van der Waals surface area contributed by atoms with Crippen molar-refractivity contribution in [1.29, 1.82) is 0 Å². The Labute approximate surface area is 179 Å². The van der Waals surface area contributed by atoms with Crippen molar-refractivity contribution in [3.05, 3.63) is 64.0 Å². The molecule has 0 aliphatic rings. The Bertz CT molecular complexity index is 1180. The van der Waals surface area contributed by atoms with Gasteiger partial charge in [0.25, 0.3) is 0 Å². The van der Waals surface area contributed by atoms with Crippen LogP contribution >= 0.6 is 27.3 Å². The average molecular weight is 475 g/mol. The van der Waals surface area contributed by atoms with Gasteiger partial charge in [0.15, 0.2) is 11.5 Å². The molecule has 8 heteroatoms. The van der Waals surface area contributed by atoms with E-state index in [0.717, 1.165) is 21.3 Å². The topological polar surface area (TPSA) is 53.5 Å². The Kier molecular flexibility index (Phi) is 5.64. The Balaban J connectivity index is 1.72. The van der Waals surface area contributed by atoms with Gasteiger partial charge in [-0.15, -0.1) is 11.3 Å². The van der Waals surface area contributed by atoms with E-state index >= 15 is 0 Å². The first kappa shape index (κ1) is 19.6. The van der Waals surface area contributed by atoms with Gasteiger partial charge in [-0.2, -0.15) is 0 Å². The summed E-state index contributed by atoms with van der Waals surface area (Å²) < 4.78 is 31.4. The second-order valence-corrected chi connectivity index (χ2v) is 7.88. The van der Waals surface area contributed by atoms with E-state index in [1.165, 1.54) is 23.7 Å². The number of hydrogen-bond donors (Lipinski definition) is 0. The Morgan fingerprint density at radius 2 is 1.86 bits per heavy atom. The van der Waals surface area contributed by atoms with Crippen LogP contribution in [-0.4, -0.2) is 24.2 Å². The van der Waals surface area contributed by atoms with Crippen LogP contribution in [-0.2, 0) is 6.61 Å². The molecule has 0 saturated heterocycles. The van der Waals surface area contributed by atoms with E-state index in [9.17, 15) is 4.39 Å². The highest BCUT2D eigenvalue weighted by Crippen LogP contribution is 2.40. The molecule has 0 spiro atoms. The van der Waals surface area contributed by atoms with Crippen molar-refractivity contribution in [2.75, 3.05) is 14.2 Å². The van der Waals surface area contributed by atoms with Crippen LogP contribution in [0.3, 0.4) is 0 Å². The van der Waals surface area contributed by atoms with E-state index in [0.29, 0.717) is 27.4 Å². The van der Waals surface area contributed by atoms with E-state index in [-0.39, 0.29) is 12.4 Å². The van der Waals surface area contributed by atoms with E-state index < -0.39 is 0 Å². The van der Waals surface area contributed by atoms with Crippen LogP contribution in [0.4, 0.5) is 4.39 Å². The number of fused-ring (bicyclic) bond motifs is 1. The van der Waals surface area contributed by atoms with Crippen molar-refractivity contribution >= 4 is 37.5 Å². The van der Waals surface area contributed by atoms with Gasteiger partial charge in [-0.1, -0.05) is 28.1 Å². The summed E-state index contributed by atoms with van der Waals surface area (Å²) in [6.07, 6.45) is 1.45. The minimum Gasteiger partial charge on any atom is -0.493 e. The third-order valence-corrected chi connectivity index (χ3v) is 5.79. The molecule has 148 valence electrons. The zero-order valence-electron chi connectivity index (χ0n) is 15.6. The van der Waals surface area contributed by atoms with E-state index in [1.807, 2.05) is 23.6 Å². The molecule has 29 heavy (non-hydrogen) atoms. The lowest BCUT2D eigenvalue weighted by Gasteiger charge is -2.11. The maximum atomic E-state index is 14.1. The van der Waals surface area contributed by atoms with Crippen LogP contribution in [0.5, 0.6) is 17.4 Å². The first-order valence-corrected chi connectivity index (χ1v) is 10.3. The maximum absolute atomic E-state index is 14.1. The molecule has 4 aromatic rings. The molecule has 0 aliphatic heterocycles. The number of rotatable bonds is 6. The predicted molar refractivity (Wildman–Crippen MR) is 114 cm³/mol. The molecular weight excluding hydrogens is 459 g/mol. The number of methoxy groups -OCH3 is 2. The molecule has 5 nitrogen and oxygen atoms in total. The van der Waals surface area contributed by atoms with Crippen molar-refractivity contribution in [2.45, 2.75) is 6.61 Å². The largest absolute Gasteiger partial charge is 0.493 e. The number of thiophene rings is 1. The minimum atomic E-state index is -0.338. The zero-order chi connectivity index (χ0) is 20.4. The summed E-state index contributed by atoms with van der Waals surface area (Å²) in [6.45, 7) is 0.0620. The first-order chi connectivity index (χ1) is 14.1. The molecule has 2 aromatic heterocycles. The highest BCUT2D eigenvalue weighted by atomic mass is 79.9. The fourth-order valence-electron chi connectivity index (χ4n) is 2.96. The molecule has 0 amide bonds. The van der Waals surface area contributed by atoms with Gasteiger partial charge in [0.1, 0.15) is 23.6 Å². The summed E-state index contributed by atoms with van der Waals surface area (Å²) >= 11 is 4.75. The molecule has 0 N–H and O–H groups in total. The van der Waals surface area contributed by atoms with Gasteiger partial charge in [-0.3, -0.25) is 0 Å². The number of benzene rings is 2. The summed E-state index contributed by atoms with van der Waals surface area (Å²) in [7, 11) is 3.19. The van der Waals surface area contributed by atoms with Crippen molar-refractivity contribution in [1.82, 2.24) is 9.97 Å². The monoisotopic (exact) mass is 474 g/mol. The SMILES string of the molecule is COc1ccc(-c2csc3ncnc(OCc4ccc(Br)cc4F)c23)cc1OC. The Morgan fingerprint density at radius 1 is 1.03 bits per heavy atom. The normalized spacial score (nSPS) is 10.9. The standard InChI is InChI=1S/C21H16BrFN2O3S/c1-26-17-6-4-12(7-18(17)27-2)15-10-29-21-19(15)20(24-11-25-21)28-9-13-3-5-14(22)8-16(13)23/h3-8,10-11H,9H2,1-2H3. The molecule has 2 heterocycles. The fourth-order valence-corrected chi connectivity index (χ4v) is 4.20. The lowest BCUT2D eigenvalue weighted by atomic mass is 10.1. The quantitative estimate of drug-likeness (QED) is 0.350. The van der Waals surface area contributed by atoms with Crippen LogP contribution in [0.2, 0.25) is 0 Å². The average Bonchev–Trinajstić information content (AvgIpc) is 3.17. The van der Waals surface area contributed by atoms with Gasteiger partial charge >= 0.3 is 0 Å². The van der Waals surface area contributed by atoms with Gasteiger partial charge in [0.2, 0.25) is 5.88 Å². The molecular formula is C21H16BrFN2O3S. The second-order valence-electron chi connectivity index (χ2n) is 6.10.